The maximum absolute atomic E-state index is 12.8. The van der Waals surface area contributed by atoms with Crippen molar-refractivity contribution in [3.05, 3.63) is 24.3 Å². The van der Waals surface area contributed by atoms with Crippen LogP contribution >= 0.6 is 0 Å². The second-order valence-corrected chi connectivity index (χ2v) is 6.70. The van der Waals surface area contributed by atoms with Gasteiger partial charge in [0, 0.05) is 26.3 Å². The lowest BCUT2D eigenvalue weighted by molar-refractivity contribution is -0.275. The average molecular weight is 385 g/mol. The predicted molar refractivity (Wildman–Crippen MR) is 84.9 cm³/mol. The van der Waals surface area contributed by atoms with E-state index in [1.165, 1.54) is 12.1 Å². The van der Waals surface area contributed by atoms with E-state index in [4.69, 9.17) is 9.47 Å². The summed E-state index contributed by atoms with van der Waals surface area (Å²) in [5.74, 6) is -0.771. The van der Waals surface area contributed by atoms with Crippen molar-refractivity contribution in [2.24, 2.45) is 0 Å². The smallest absolute Gasteiger partial charge is 0.404 e. The molecule has 0 aliphatic heterocycles. The topological polar surface area (TPSA) is 65.1 Å². The number of para-hydroxylation sites is 1. The molecule has 6 nitrogen and oxygen atoms in total. The van der Waals surface area contributed by atoms with E-state index in [0.717, 1.165) is 16.4 Å². The number of hydrogen-bond donors (Lipinski definition) is 0. The van der Waals surface area contributed by atoms with Gasteiger partial charge < -0.3 is 14.2 Å². The third kappa shape index (κ3) is 7.18. The van der Waals surface area contributed by atoms with Crippen LogP contribution < -0.4 is 4.74 Å². The van der Waals surface area contributed by atoms with Crippen LogP contribution in [0.25, 0.3) is 0 Å². The van der Waals surface area contributed by atoms with Crippen LogP contribution in [0.3, 0.4) is 0 Å². The summed E-state index contributed by atoms with van der Waals surface area (Å²) in [6.45, 7) is 4.51. The average Bonchev–Trinajstić information content (AvgIpc) is 2.52. The minimum absolute atomic E-state index is 0.0103. The standard InChI is InChI=1S/C15H22F3NO5S/c1-3-22-11-9-19(10-12-23-4-2)25(20,21)14-8-6-5-7-13(14)24-15(16,17)18/h5-8H,3-4,9-12H2,1-2H3. The van der Waals surface area contributed by atoms with Crippen LogP contribution in [0.15, 0.2) is 29.2 Å². The van der Waals surface area contributed by atoms with Crippen molar-refractivity contribution >= 4 is 10.0 Å². The van der Waals surface area contributed by atoms with Crippen molar-refractivity contribution in [1.29, 1.82) is 0 Å². The van der Waals surface area contributed by atoms with Crippen molar-refractivity contribution < 1.29 is 35.8 Å². The molecule has 0 radical (unpaired) electrons. The molecule has 0 aliphatic rings. The van der Waals surface area contributed by atoms with Crippen molar-refractivity contribution in [1.82, 2.24) is 4.31 Å². The zero-order valence-corrected chi connectivity index (χ0v) is 14.9. The number of benzene rings is 1. The third-order valence-electron chi connectivity index (χ3n) is 3.07. The van der Waals surface area contributed by atoms with Gasteiger partial charge in [0.1, 0.15) is 10.6 Å². The highest BCUT2D eigenvalue weighted by Crippen LogP contribution is 2.31. The van der Waals surface area contributed by atoms with Crippen molar-refractivity contribution in [2.75, 3.05) is 39.5 Å². The Morgan fingerprint density at radius 3 is 2.00 bits per heavy atom. The van der Waals surface area contributed by atoms with Gasteiger partial charge in [0.25, 0.3) is 0 Å². The summed E-state index contributed by atoms with van der Waals surface area (Å²) in [7, 11) is -4.22. The van der Waals surface area contributed by atoms with E-state index in [9.17, 15) is 21.6 Å². The molecule has 0 spiro atoms. The van der Waals surface area contributed by atoms with Crippen molar-refractivity contribution in [2.45, 2.75) is 25.1 Å². The number of halogens is 3. The van der Waals surface area contributed by atoms with Crippen LogP contribution in [0, 0.1) is 0 Å². The Balaban J connectivity index is 3.10. The molecule has 25 heavy (non-hydrogen) atoms. The van der Waals surface area contributed by atoms with Gasteiger partial charge in [-0.15, -0.1) is 13.2 Å². The lowest BCUT2D eigenvalue weighted by Crippen LogP contribution is -2.37. The number of ether oxygens (including phenoxy) is 3. The second kappa shape index (κ2) is 9.95. The van der Waals surface area contributed by atoms with E-state index < -0.39 is 27.0 Å². The molecule has 1 aromatic rings. The first-order chi connectivity index (χ1) is 11.7. The molecule has 144 valence electrons. The Morgan fingerprint density at radius 1 is 1.00 bits per heavy atom. The Kier molecular flexibility index (Phi) is 8.63. The van der Waals surface area contributed by atoms with E-state index in [-0.39, 0.29) is 26.3 Å². The molecule has 0 saturated carbocycles. The molecule has 1 aromatic carbocycles. The highest BCUT2D eigenvalue weighted by atomic mass is 32.2. The third-order valence-corrected chi connectivity index (χ3v) is 5.01. The molecule has 0 aliphatic carbocycles. The largest absolute Gasteiger partial charge is 0.573 e. The minimum Gasteiger partial charge on any atom is -0.404 e. The molecule has 0 aromatic heterocycles. The zero-order chi connectivity index (χ0) is 18.9. The number of nitrogens with zero attached hydrogens (tertiary/aromatic N) is 1. The number of rotatable bonds is 11. The zero-order valence-electron chi connectivity index (χ0n) is 14.1. The maximum Gasteiger partial charge on any atom is 0.573 e. The summed E-state index contributed by atoms with van der Waals surface area (Å²) in [4.78, 5) is -0.555. The van der Waals surface area contributed by atoms with Crippen LogP contribution in [0.5, 0.6) is 5.75 Å². The van der Waals surface area contributed by atoms with Crippen LogP contribution in [-0.4, -0.2) is 58.6 Å². The first-order valence-corrected chi connectivity index (χ1v) is 9.16. The van der Waals surface area contributed by atoms with Crippen molar-refractivity contribution in [3.8, 4) is 5.75 Å². The summed E-state index contributed by atoms with van der Waals surface area (Å²) < 4.78 is 78.4. The van der Waals surface area contributed by atoms with E-state index in [2.05, 4.69) is 4.74 Å². The summed E-state index contributed by atoms with van der Waals surface area (Å²) in [5.41, 5.74) is 0. The van der Waals surface area contributed by atoms with Gasteiger partial charge in [0.05, 0.1) is 13.2 Å². The molecule has 1 rings (SSSR count). The molecule has 0 bridgehead atoms. The van der Waals surface area contributed by atoms with E-state index in [0.29, 0.717) is 13.2 Å². The van der Waals surface area contributed by atoms with E-state index >= 15 is 0 Å². The fraction of sp³-hybridized carbons (Fsp3) is 0.600. The Labute approximate surface area is 145 Å². The summed E-state index contributed by atoms with van der Waals surface area (Å²) in [6, 6.07) is 4.64. The van der Waals surface area contributed by atoms with Gasteiger partial charge in [0.2, 0.25) is 10.0 Å². The van der Waals surface area contributed by atoms with Gasteiger partial charge in [-0.1, -0.05) is 12.1 Å². The van der Waals surface area contributed by atoms with Gasteiger partial charge in [-0.25, -0.2) is 8.42 Å². The maximum atomic E-state index is 12.8. The van der Waals surface area contributed by atoms with Crippen LogP contribution in [0.4, 0.5) is 13.2 Å². The normalized spacial score (nSPS) is 12.6. The molecule has 0 N–H and O–H groups in total. The highest BCUT2D eigenvalue weighted by Gasteiger charge is 2.35. The van der Waals surface area contributed by atoms with Crippen LogP contribution in [0.1, 0.15) is 13.8 Å². The predicted octanol–water partition coefficient (Wildman–Crippen LogP) is 2.65. The minimum atomic E-state index is -4.99. The number of hydrogen-bond acceptors (Lipinski definition) is 5. The molecule has 10 heteroatoms. The molecular weight excluding hydrogens is 363 g/mol. The first kappa shape index (κ1) is 21.7. The summed E-state index contributed by atoms with van der Waals surface area (Å²) >= 11 is 0. The molecule has 0 atom stereocenters. The summed E-state index contributed by atoms with van der Waals surface area (Å²) in [5, 5.41) is 0. The van der Waals surface area contributed by atoms with Gasteiger partial charge in [-0.05, 0) is 26.0 Å². The molecule has 0 fully saturated rings. The SMILES string of the molecule is CCOCCN(CCOCC)S(=O)(=O)c1ccccc1OC(F)(F)F. The van der Waals surface area contributed by atoms with Gasteiger partial charge in [-0.3, -0.25) is 0 Å². The van der Waals surface area contributed by atoms with Gasteiger partial charge in [0.15, 0.2) is 0 Å². The molecule has 0 unspecified atom stereocenters. The molecule has 0 heterocycles. The lowest BCUT2D eigenvalue weighted by atomic mass is 10.3. The van der Waals surface area contributed by atoms with Crippen LogP contribution in [-0.2, 0) is 19.5 Å². The Morgan fingerprint density at radius 2 is 1.52 bits per heavy atom. The summed E-state index contributed by atoms with van der Waals surface area (Å²) in [6.07, 6.45) is -4.99. The fourth-order valence-corrected chi connectivity index (χ4v) is 3.51. The molecule has 0 amide bonds. The quantitative estimate of drug-likeness (QED) is 0.548. The second-order valence-electron chi connectivity index (χ2n) is 4.79. The highest BCUT2D eigenvalue weighted by molar-refractivity contribution is 7.89. The van der Waals surface area contributed by atoms with E-state index in [1.54, 1.807) is 13.8 Å². The van der Waals surface area contributed by atoms with E-state index in [1.807, 2.05) is 0 Å². The first-order valence-electron chi connectivity index (χ1n) is 7.72. The Bertz CT molecular complexity index is 612. The number of sulfonamides is 1. The lowest BCUT2D eigenvalue weighted by Gasteiger charge is -2.23. The van der Waals surface area contributed by atoms with Crippen LogP contribution in [0.2, 0.25) is 0 Å². The molecule has 0 saturated heterocycles. The monoisotopic (exact) mass is 385 g/mol. The van der Waals surface area contributed by atoms with Gasteiger partial charge in [-0.2, -0.15) is 4.31 Å². The number of alkyl halides is 3. The fourth-order valence-electron chi connectivity index (χ4n) is 1.98. The van der Waals surface area contributed by atoms with Gasteiger partial charge >= 0.3 is 6.36 Å². The Hall–Kier alpha value is -1.36. The van der Waals surface area contributed by atoms with Crippen molar-refractivity contribution in [3.63, 3.8) is 0 Å². The molecular formula is C15H22F3NO5S.